The number of nitrogens with one attached hydrogen (secondary N) is 1. The number of furan rings is 1. The molecule has 1 N–H and O–H groups in total. The average molecular weight is 340 g/mol. The summed E-state index contributed by atoms with van der Waals surface area (Å²) in [6.07, 6.45) is 0. The number of benzene rings is 2. The number of fused-ring (bicyclic) bond motifs is 3. The van der Waals surface area contributed by atoms with Gasteiger partial charge in [-0.1, -0.05) is 46.3 Å². The van der Waals surface area contributed by atoms with Gasteiger partial charge in [-0.2, -0.15) is 0 Å². The normalized spacial score (nSPS) is 11.3. The minimum atomic E-state index is -0.116. The molecule has 102 valence electrons. The topological polar surface area (TPSA) is 46.0 Å². The third-order valence-electron chi connectivity index (χ3n) is 3.49. The lowest BCUT2D eigenvalue weighted by Gasteiger charge is -2.01. The molecule has 0 saturated carbocycles. The van der Waals surface area contributed by atoms with Gasteiger partial charge >= 0.3 is 0 Å². The molecule has 0 fully saturated rings. The monoisotopic (exact) mass is 339 g/mol. The van der Waals surface area contributed by atoms with E-state index in [2.05, 4.69) is 20.9 Å². The van der Waals surface area contributed by atoms with Crippen LogP contribution in [0.15, 0.2) is 68.3 Å². The number of halogens is 1. The van der Waals surface area contributed by atoms with Crippen molar-refractivity contribution < 1.29 is 4.42 Å². The quantitative estimate of drug-likeness (QED) is 0.546. The molecule has 2 heterocycles. The van der Waals surface area contributed by atoms with Crippen LogP contribution in [0.3, 0.4) is 0 Å². The van der Waals surface area contributed by atoms with E-state index in [4.69, 9.17) is 4.42 Å². The Kier molecular flexibility index (Phi) is 2.72. The summed E-state index contributed by atoms with van der Waals surface area (Å²) in [7, 11) is 0. The van der Waals surface area contributed by atoms with Crippen LogP contribution >= 0.6 is 15.9 Å². The number of aromatic nitrogens is 1. The van der Waals surface area contributed by atoms with Crippen LogP contribution in [0.4, 0.5) is 0 Å². The minimum absolute atomic E-state index is 0.116. The Hall–Kier alpha value is -2.33. The summed E-state index contributed by atoms with van der Waals surface area (Å²) >= 11 is 3.45. The second kappa shape index (κ2) is 4.60. The van der Waals surface area contributed by atoms with Gasteiger partial charge in [0.05, 0.1) is 5.52 Å². The molecular formula is C17H10BrNO2. The van der Waals surface area contributed by atoms with Crippen LogP contribution in [-0.2, 0) is 0 Å². The van der Waals surface area contributed by atoms with Crippen LogP contribution in [0, 0.1) is 0 Å². The van der Waals surface area contributed by atoms with Crippen molar-refractivity contribution in [2.45, 2.75) is 0 Å². The van der Waals surface area contributed by atoms with Gasteiger partial charge in [0.25, 0.3) is 0 Å². The lowest BCUT2D eigenvalue weighted by molar-refractivity contribution is 0.665. The van der Waals surface area contributed by atoms with Crippen molar-refractivity contribution in [2.75, 3.05) is 0 Å². The highest BCUT2D eigenvalue weighted by molar-refractivity contribution is 9.10. The van der Waals surface area contributed by atoms with E-state index in [0.717, 1.165) is 26.6 Å². The van der Waals surface area contributed by atoms with Crippen LogP contribution in [0.2, 0.25) is 0 Å². The van der Waals surface area contributed by atoms with Gasteiger partial charge in [0.1, 0.15) is 5.58 Å². The van der Waals surface area contributed by atoms with Crippen molar-refractivity contribution in [1.29, 1.82) is 0 Å². The van der Waals surface area contributed by atoms with Crippen molar-refractivity contribution in [2.24, 2.45) is 0 Å². The Morgan fingerprint density at radius 2 is 1.81 bits per heavy atom. The Balaban J connectivity index is 2.11. The Bertz CT molecular complexity index is 1020. The van der Waals surface area contributed by atoms with E-state index in [-0.39, 0.29) is 5.43 Å². The summed E-state index contributed by atoms with van der Waals surface area (Å²) in [6, 6.07) is 17.1. The van der Waals surface area contributed by atoms with Gasteiger partial charge in [0, 0.05) is 21.6 Å². The summed E-state index contributed by atoms with van der Waals surface area (Å²) in [5.41, 5.74) is 3.44. The van der Waals surface area contributed by atoms with Crippen molar-refractivity contribution in [3.05, 3.63) is 69.3 Å². The molecule has 0 spiro atoms. The molecule has 0 radical (unpaired) electrons. The molecule has 0 amide bonds. The maximum absolute atomic E-state index is 12.3. The number of hydrogen-bond acceptors (Lipinski definition) is 2. The summed E-state index contributed by atoms with van der Waals surface area (Å²) in [4.78, 5) is 15.6. The average Bonchev–Trinajstić information content (AvgIpc) is 2.87. The molecule has 21 heavy (non-hydrogen) atoms. The highest BCUT2D eigenvalue weighted by atomic mass is 79.9. The molecule has 0 saturated heterocycles. The Morgan fingerprint density at radius 3 is 2.62 bits per heavy atom. The van der Waals surface area contributed by atoms with Crippen molar-refractivity contribution in [3.8, 4) is 11.3 Å². The number of hydrogen-bond donors (Lipinski definition) is 1. The molecule has 4 rings (SSSR count). The van der Waals surface area contributed by atoms with Crippen LogP contribution in [-0.4, -0.2) is 4.98 Å². The first-order valence-corrected chi connectivity index (χ1v) is 7.32. The summed E-state index contributed by atoms with van der Waals surface area (Å²) < 4.78 is 6.61. The van der Waals surface area contributed by atoms with Crippen molar-refractivity contribution >= 4 is 38.0 Å². The van der Waals surface area contributed by atoms with Crippen molar-refractivity contribution in [1.82, 2.24) is 4.98 Å². The molecule has 0 atom stereocenters. The van der Waals surface area contributed by atoms with Gasteiger partial charge in [0.15, 0.2) is 5.58 Å². The lowest BCUT2D eigenvalue weighted by atomic mass is 10.1. The molecule has 0 aliphatic carbocycles. The second-order valence-corrected chi connectivity index (χ2v) is 5.78. The predicted molar refractivity (Wildman–Crippen MR) is 87.5 cm³/mol. The van der Waals surface area contributed by atoms with E-state index >= 15 is 0 Å². The molecule has 2 aromatic heterocycles. The van der Waals surface area contributed by atoms with Gasteiger partial charge < -0.3 is 9.40 Å². The maximum Gasteiger partial charge on any atom is 0.225 e. The second-order valence-electron chi connectivity index (χ2n) is 4.86. The third kappa shape index (κ3) is 1.99. The van der Waals surface area contributed by atoms with Gasteiger partial charge in [-0.25, -0.2) is 0 Å². The van der Waals surface area contributed by atoms with Crippen LogP contribution in [0.5, 0.6) is 0 Å². The largest absolute Gasteiger partial charge is 0.450 e. The predicted octanol–water partition coefficient (Wildman–Crippen LogP) is 4.70. The number of pyridine rings is 1. The van der Waals surface area contributed by atoms with Gasteiger partial charge in [0.2, 0.25) is 5.43 Å². The standard InChI is InChI=1S/C17H10BrNO2/c18-11-6-7-15-12(8-11)16-17(21-15)14(20)9-13(19-16)10-4-2-1-3-5-10/h1-9H,(H,19,20). The number of rotatable bonds is 1. The minimum Gasteiger partial charge on any atom is -0.450 e. The lowest BCUT2D eigenvalue weighted by Crippen LogP contribution is -2.00. The zero-order valence-electron chi connectivity index (χ0n) is 10.9. The SMILES string of the molecule is O=c1cc(-c2ccccc2)[nH]c2c1oc1ccc(Br)cc12. The van der Waals surface area contributed by atoms with Gasteiger partial charge in [-0.15, -0.1) is 0 Å². The van der Waals surface area contributed by atoms with E-state index in [1.165, 1.54) is 0 Å². The molecule has 2 aromatic carbocycles. The molecule has 0 bridgehead atoms. The van der Waals surface area contributed by atoms with Gasteiger partial charge in [-0.05, 0) is 23.8 Å². The summed E-state index contributed by atoms with van der Waals surface area (Å²) in [5, 5.41) is 0.897. The fourth-order valence-electron chi connectivity index (χ4n) is 2.51. The first-order valence-electron chi connectivity index (χ1n) is 6.53. The molecule has 4 aromatic rings. The Labute approximate surface area is 128 Å². The van der Waals surface area contributed by atoms with E-state index < -0.39 is 0 Å². The fourth-order valence-corrected chi connectivity index (χ4v) is 2.87. The highest BCUT2D eigenvalue weighted by Crippen LogP contribution is 2.29. The van der Waals surface area contributed by atoms with E-state index in [1.54, 1.807) is 6.07 Å². The number of aromatic amines is 1. The fraction of sp³-hybridized carbons (Fsp3) is 0. The molecular weight excluding hydrogens is 330 g/mol. The van der Waals surface area contributed by atoms with Crippen LogP contribution < -0.4 is 5.43 Å². The van der Waals surface area contributed by atoms with Crippen LogP contribution in [0.1, 0.15) is 0 Å². The molecule has 0 aliphatic heterocycles. The first kappa shape index (κ1) is 12.4. The molecule has 4 heteroatoms. The first-order chi connectivity index (χ1) is 10.2. The zero-order valence-corrected chi connectivity index (χ0v) is 12.5. The third-order valence-corrected chi connectivity index (χ3v) is 3.99. The maximum atomic E-state index is 12.3. The van der Waals surface area contributed by atoms with Crippen molar-refractivity contribution in [3.63, 3.8) is 0 Å². The molecule has 0 aliphatic rings. The van der Waals surface area contributed by atoms with Gasteiger partial charge in [-0.3, -0.25) is 4.79 Å². The van der Waals surface area contributed by atoms with Crippen LogP contribution in [0.25, 0.3) is 33.3 Å². The summed E-state index contributed by atoms with van der Waals surface area (Å²) in [5.74, 6) is 0. The Morgan fingerprint density at radius 1 is 1.00 bits per heavy atom. The van der Waals surface area contributed by atoms with E-state index in [1.807, 2.05) is 48.5 Å². The summed E-state index contributed by atoms with van der Waals surface area (Å²) in [6.45, 7) is 0. The van der Waals surface area contributed by atoms with E-state index in [0.29, 0.717) is 11.2 Å². The van der Waals surface area contributed by atoms with E-state index in [9.17, 15) is 4.79 Å². The smallest absolute Gasteiger partial charge is 0.225 e. The molecule has 0 unspecified atom stereocenters. The number of H-pyrrole nitrogens is 1. The highest BCUT2D eigenvalue weighted by Gasteiger charge is 2.12. The molecule has 3 nitrogen and oxygen atoms in total. The zero-order chi connectivity index (χ0) is 14.4.